The largest absolute Gasteiger partial charge is 0.463 e. The fourth-order valence-electron chi connectivity index (χ4n) is 4.20. The fraction of sp³-hybridized carbons (Fsp3) is 0.321. The summed E-state index contributed by atoms with van der Waals surface area (Å²) in [6.45, 7) is 5.42. The number of aryl methyl sites for hydroxylation is 1. The van der Waals surface area contributed by atoms with E-state index in [2.05, 4.69) is 5.32 Å². The first kappa shape index (κ1) is 25.7. The fourth-order valence-corrected chi connectivity index (χ4v) is 5.12. The lowest BCUT2D eigenvalue weighted by atomic mass is 9.91. The minimum absolute atomic E-state index is 0.0665. The highest BCUT2D eigenvalue weighted by Crippen LogP contribution is 2.47. The van der Waals surface area contributed by atoms with Crippen molar-refractivity contribution in [2.45, 2.75) is 26.3 Å². The first-order valence-electron chi connectivity index (χ1n) is 12.1. The second-order valence-corrected chi connectivity index (χ2v) is 9.82. The van der Waals surface area contributed by atoms with Gasteiger partial charge in [0.25, 0.3) is 0 Å². The third kappa shape index (κ3) is 5.71. The first-order chi connectivity index (χ1) is 17.4. The number of rotatable bonds is 9. The van der Waals surface area contributed by atoms with E-state index in [1.165, 1.54) is 11.8 Å². The van der Waals surface area contributed by atoms with Crippen LogP contribution in [0.25, 0.3) is 5.70 Å². The van der Waals surface area contributed by atoms with Crippen molar-refractivity contribution < 1.29 is 14.3 Å². The number of thioether (sulfide) groups is 1. The van der Waals surface area contributed by atoms with Crippen LogP contribution in [0, 0.1) is 6.92 Å². The molecule has 4 rings (SSSR count). The molecule has 2 aromatic carbocycles. The molecule has 1 atom stereocenters. The Morgan fingerprint density at radius 2 is 1.83 bits per heavy atom. The maximum absolute atomic E-state index is 13.5. The quantitative estimate of drug-likeness (QED) is 0.512. The Labute approximate surface area is 216 Å². The normalized spacial score (nSPS) is 17.0. The van der Waals surface area contributed by atoms with Gasteiger partial charge in [0.15, 0.2) is 5.17 Å². The van der Waals surface area contributed by atoms with Gasteiger partial charge >= 0.3 is 5.97 Å². The molecular weight excluding hydrogens is 472 g/mol. The maximum atomic E-state index is 13.5. The van der Waals surface area contributed by atoms with Gasteiger partial charge in [0.1, 0.15) is 0 Å². The van der Waals surface area contributed by atoms with Crippen LogP contribution in [0.15, 0.2) is 76.3 Å². The van der Waals surface area contributed by atoms with Crippen LogP contribution in [-0.2, 0) is 14.3 Å². The lowest BCUT2D eigenvalue weighted by molar-refractivity contribution is -0.139. The van der Waals surface area contributed by atoms with Gasteiger partial charge < -0.3 is 19.9 Å². The molecule has 0 unspecified atom stereocenters. The number of hydrogen-bond donors (Lipinski definition) is 1. The lowest BCUT2D eigenvalue weighted by Gasteiger charge is -2.36. The zero-order chi connectivity index (χ0) is 25.7. The van der Waals surface area contributed by atoms with Gasteiger partial charge in [0.2, 0.25) is 5.91 Å². The van der Waals surface area contributed by atoms with Gasteiger partial charge in [0.05, 0.1) is 30.3 Å². The van der Waals surface area contributed by atoms with Gasteiger partial charge in [0, 0.05) is 24.4 Å². The number of amidine groups is 1. The van der Waals surface area contributed by atoms with E-state index in [1.54, 1.807) is 6.92 Å². The molecule has 0 saturated heterocycles. The third-order valence-corrected chi connectivity index (χ3v) is 6.86. The summed E-state index contributed by atoms with van der Waals surface area (Å²) in [7, 11) is 3.94. The van der Waals surface area contributed by atoms with Gasteiger partial charge in [-0.3, -0.25) is 4.79 Å². The number of esters is 1. The monoisotopic (exact) mass is 504 g/mol. The third-order valence-electron chi connectivity index (χ3n) is 5.97. The zero-order valence-electron chi connectivity index (χ0n) is 21.2. The number of likely N-dealkylation sites (N-methyl/N-ethyl adjacent to an activating group) is 1. The molecule has 188 valence electrons. The summed E-state index contributed by atoms with van der Waals surface area (Å²) in [6, 6.07) is 17.4. The molecule has 0 fully saturated rings. The second-order valence-electron chi connectivity index (χ2n) is 8.98. The summed E-state index contributed by atoms with van der Waals surface area (Å²) in [6.07, 6.45) is 0.193. The van der Waals surface area contributed by atoms with Crippen molar-refractivity contribution in [3.8, 4) is 0 Å². The van der Waals surface area contributed by atoms with Crippen molar-refractivity contribution >= 4 is 34.5 Å². The molecule has 2 aromatic rings. The number of carbonyl (C=O) groups is 2. The summed E-state index contributed by atoms with van der Waals surface area (Å²) in [5.74, 6) is -0.473. The molecule has 7 nitrogen and oxygen atoms in total. The van der Waals surface area contributed by atoms with Crippen molar-refractivity contribution in [1.29, 1.82) is 0 Å². The molecule has 0 bridgehead atoms. The van der Waals surface area contributed by atoms with Gasteiger partial charge in [-0.1, -0.05) is 71.9 Å². The summed E-state index contributed by atoms with van der Waals surface area (Å²) < 4.78 is 5.55. The van der Waals surface area contributed by atoms with Crippen LogP contribution in [0.2, 0.25) is 0 Å². The Morgan fingerprint density at radius 1 is 1.11 bits per heavy atom. The van der Waals surface area contributed by atoms with Crippen LogP contribution in [0.5, 0.6) is 0 Å². The van der Waals surface area contributed by atoms with Crippen LogP contribution < -0.4 is 5.32 Å². The number of hydrogen-bond acceptors (Lipinski definition) is 7. The molecular formula is C28H32N4O3S. The zero-order valence-corrected chi connectivity index (χ0v) is 22.0. The van der Waals surface area contributed by atoms with E-state index in [-0.39, 0.29) is 18.9 Å². The first-order valence-corrected chi connectivity index (χ1v) is 12.9. The van der Waals surface area contributed by atoms with E-state index in [1.807, 2.05) is 90.8 Å². The maximum Gasteiger partial charge on any atom is 0.338 e. The molecule has 8 heteroatoms. The summed E-state index contributed by atoms with van der Waals surface area (Å²) in [4.78, 5) is 35.2. The Morgan fingerprint density at radius 3 is 2.50 bits per heavy atom. The molecule has 0 spiro atoms. The Hall–Kier alpha value is -3.36. The molecule has 2 aliphatic heterocycles. The second kappa shape index (κ2) is 11.6. The molecule has 2 aliphatic rings. The number of nitrogens with one attached hydrogen (secondary N) is 1. The van der Waals surface area contributed by atoms with Crippen molar-refractivity contribution in [2.24, 2.45) is 4.99 Å². The summed E-state index contributed by atoms with van der Waals surface area (Å²) >= 11 is 1.47. The SMILES string of the molecule is CCOC(=O)C1=C(c2ccccc2)N=C2SC=C(CC(=O)NCCN(C)C)N2[C@@H]1c1ccc(C)cc1. The number of benzene rings is 2. The molecule has 36 heavy (non-hydrogen) atoms. The highest BCUT2D eigenvalue weighted by Gasteiger charge is 2.42. The smallest absolute Gasteiger partial charge is 0.338 e. The van der Waals surface area contributed by atoms with Crippen molar-refractivity contribution in [1.82, 2.24) is 15.1 Å². The average Bonchev–Trinajstić information content (AvgIpc) is 3.26. The van der Waals surface area contributed by atoms with Crippen molar-refractivity contribution in [2.75, 3.05) is 33.8 Å². The predicted octanol–water partition coefficient (Wildman–Crippen LogP) is 4.34. The van der Waals surface area contributed by atoms with Crippen molar-refractivity contribution in [3.63, 3.8) is 0 Å². The molecule has 0 aromatic heterocycles. The van der Waals surface area contributed by atoms with E-state index >= 15 is 0 Å². The van der Waals surface area contributed by atoms with Gasteiger partial charge in [-0.2, -0.15) is 0 Å². The molecule has 0 aliphatic carbocycles. The summed E-state index contributed by atoms with van der Waals surface area (Å²) in [5.41, 5.74) is 4.78. The number of ether oxygens (including phenoxy) is 1. The van der Waals surface area contributed by atoms with E-state index in [4.69, 9.17) is 9.73 Å². The average molecular weight is 505 g/mol. The van der Waals surface area contributed by atoms with Crippen LogP contribution >= 0.6 is 11.8 Å². The van der Waals surface area contributed by atoms with Crippen LogP contribution in [0.3, 0.4) is 0 Å². The number of aliphatic imine (C=N–C) groups is 1. The van der Waals surface area contributed by atoms with E-state index in [0.29, 0.717) is 17.8 Å². The van der Waals surface area contributed by atoms with E-state index < -0.39 is 12.0 Å². The standard InChI is InChI=1S/C28H32N4O3S/c1-5-35-27(34)24-25(20-9-7-6-8-10-20)30-28-32(26(24)21-13-11-19(2)12-14-21)22(18-36-28)17-23(33)29-15-16-31(3)4/h6-14,18,26H,5,15-17H2,1-4H3,(H,29,33)/t26-/m1/s1. The van der Waals surface area contributed by atoms with E-state index in [9.17, 15) is 9.59 Å². The molecule has 0 saturated carbocycles. The Bertz CT molecular complexity index is 1200. The summed E-state index contributed by atoms with van der Waals surface area (Å²) in [5, 5.41) is 5.69. The Kier molecular flexibility index (Phi) is 8.28. The van der Waals surface area contributed by atoms with Gasteiger partial charge in [-0.15, -0.1) is 0 Å². The predicted molar refractivity (Wildman–Crippen MR) is 145 cm³/mol. The topological polar surface area (TPSA) is 74.2 Å². The number of fused-ring (bicyclic) bond motifs is 1. The highest BCUT2D eigenvalue weighted by molar-refractivity contribution is 8.16. The van der Waals surface area contributed by atoms with Crippen LogP contribution in [0.1, 0.15) is 36.1 Å². The molecule has 0 radical (unpaired) electrons. The number of carbonyl (C=O) groups excluding carboxylic acids is 2. The van der Waals surface area contributed by atoms with Gasteiger partial charge in [-0.25, -0.2) is 9.79 Å². The Balaban J connectivity index is 1.77. The van der Waals surface area contributed by atoms with Crippen molar-refractivity contribution in [3.05, 3.63) is 88.0 Å². The highest BCUT2D eigenvalue weighted by atomic mass is 32.2. The number of nitrogens with zero attached hydrogens (tertiary/aromatic N) is 3. The minimum Gasteiger partial charge on any atom is -0.463 e. The van der Waals surface area contributed by atoms with Crippen LogP contribution in [0.4, 0.5) is 0 Å². The lowest BCUT2D eigenvalue weighted by Crippen LogP contribution is -2.38. The van der Waals surface area contributed by atoms with Crippen LogP contribution in [-0.4, -0.2) is 60.6 Å². The molecule has 1 amide bonds. The van der Waals surface area contributed by atoms with Gasteiger partial charge in [-0.05, 0) is 38.9 Å². The van der Waals surface area contributed by atoms with E-state index in [0.717, 1.165) is 34.1 Å². The molecule has 2 heterocycles. The number of amides is 1. The molecule has 1 N–H and O–H groups in total. The minimum atomic E-state index is -0.469.